The number of methoxy groups -OCH3 is 3. The van der Waals surface area contributed by atoms with Crippen molar-refractivity contribution in [3.8, 4) is 17.2 Å². The Kier molecular flexibility index (Phi) is 6.78. The number of benzene rings is 3. The van der Waals surface area contributed by atoms with Crippen molar-refractivity contribution in [1.29, 1.82) is 0 Å². The number of carbonyl (C=O) groups excluding carboxylic acids is 2. The second-order valence-electron chi connectivity index (χ2n) is 7.67. The Morgan fingerprint density at radius 1 is 0.676 bits per heavy atom. The molecule has 0 saturated carbocycles. The van der Waals surface area contributed by atoms with E-state index < -0.39 is 0 Å². The number of likely N-dealkylation sites (tertiary alicyclic amines) is 1. The third kappa shape index (κ3) is 4.57. The molecular weight excluding hydrogens is 430 g/mol. The summed E-state index contributed by atoms with van der Waals surface area (Å²) in [5, 5.41) is 0. The summed E-state index contributed by atoms with van der Waals surface area (Å²) in [4.78, 5) is 28.1. The van der Waals surface area contributed by atoms with E-state index in [1.54, 1.807) is 24.3 Å². The summed E-state index contributed by atoms with van der Waals surface area (Å²) >= 11 is 0. The molecule has 0 atom stereocenters. The highest BCUT2D eigenvalue weighted by molar-refractivity contribution is 6.28. The van der Waals surface area contributed by atoms with Gasteiger partial charge in [-0.3, -0.25) is 14.5 Å². The Bertz CT molecular complexity index is 1240. The van der Waals surface area contributed by atoms with E-state index in [0.717, 1.165) is 11.1 Å². The number of ether oxygens (including phenoxy) is 3. The molecule has 3 aromatic rings. The van der Waals surface area contributed by atoms with E-state index in [2.05, 4.69) is 0 Å². The molecule has 1 saturated heterocycles. The van der Waals surface area contributed by atoms with Crippen LogP contribution in [0.25, 0.3) is 12.2 Å². The molecule has 1 aliphatic heterocycles. The van der Waals surface area contributed by atoms with Crippen molar-refractivity contribution in [3.05, 3.63) is 101 Å². The largest absolute Gasteiger partial charge is 0.493 e. The van der Waals surface area contributed by atoms with Crippen molar-refractivity contribution in [1.82, 2.24) is 4.90 Å². The number of hydrogen-bond acceptors (Lipinski definition) is 5. The van der Waals surface area contributed by atoms with Gasteiger partial charge in [-0.15, -0.1) is 0 Å². The summed E-state index contributed by atoms with van der Waals surface area (Å²) in [6, 6.07) is 22.4. The first-order valence-electron chi connectivity index (χ1n) is 10.7. The fraction of sp³-hybridized carbons (Fsp3) is 0.143. The number of imide groups is 1. The lowest BCUT2D eigenvalue weighted by atomic mass is 10.0. The van der Waals surface area contributed by atoms with Crippen LogP contribution in [0.15, 0.2) is 83.9 Å². The molecule has 34 heavy (non-hydrogen) atoms. The van der Waals surface area contributed by atoms with Crippen molar-refractivity contribution < 1.29 is 23.8 Å². The van der Waals surface area contributed by atoms with E-state index in [1.807, 2.05) is 60.7 Å². The van der Waals surface area contributed by atoms with Crippen LogP contribution in [0.4, 0.5) is 0 Å². The fourth-order valence-electron chi connectivity index (χ4n) is 3.87. The van der Waals surface area contributed by atoms with Crippen molar-refractivity contribution >= 4 is 24.0 Å². The third-order valence-electron chi connectivity index (χ3n) is 5.53. The maximum Gasteiger partial charge on any atom is 0.261 e. The molecule has 172 valence electrons. The highest BCUT2D eigenvalue weighted by Crippen LogP contribution is 2.39. The summed E-state index contributed by atoms with van der Waals surface area (Å²) < 4.78 is 16.3. The Morgan fingerprint density at radius 2 is 1.18 bits per heavy atom. The van der Waals surface area contributed by atoms with E-state index in [0.29, 0.717) is 34.0 Å². The summed E-state index contributed by atoms with van der Waals surface area (Å²) in [6.45, 7) is 0.192. The molecule has 3 aromatic carbocycles. The van der Waals surface area contributed by atoms with Gasteiger partial charge in [-0.2, -0.15) is 0 Å². The first-order chi connectivity index (χ1) is 16.5. The second-order valence-corrected chi connectivity index (χ2v) is 7.67. The van der Waals surface area contributed by atoms with Gasteiger partial charge in [-0.1, -0.05) is 60.7 Å². The predicted octanol–water partition coefficient (Wildman–Crippen LogP) is 4.75. The fourth-order valence-corrected chi connectivity index (χ4v) is 3.87. The van der Waals surface area contributed by atoms with Crippen LogP contribution in [0.2, 0.25) is 0 Å². The van der Waals surface area contributed by atoms with Crippen LogP contribution >= 0.6 is 0 Å². The summed E-state index contributed by atoms with van der Waals surface area (Å²) in [7, 11) is 4.58. The topological polar surface area (TPSA) is 65.1 Å². The van der Waals surface area contributed by atoms with Gasteiger partial charge in [-0.05, 0) is 41.0 Å². The minimum atomic E-state index is -0.357. The van der Waals surface area contributed by atoms with Crippen LogP contribution in [0, 0.1) is 0 Å². The maximum atomic E-state index is 13.5. The van der Waals surface area contributed by atoms with Gasteiger partial charge in [0.15, 0.2) is 11.5 Å². The van der Waals surface area contributed by atoms with Crippen LogP contribution in [-0.2, 0) is 16.1 Å². The van der Waals surface area contributed by atoms with E-state index in [4.69, 9.17) is 14.2 Å². The zero-order valence-corrected chi connectivity index (χ0v) is 19.3. The third-order valence-corrected chi connectivity index (χ3v) is 5.53. The van der Waals surface area contributed by atoms with Gasteiger partial charge >= 0.3 is 0 Å². The first-order valence-corrected chi connectivity index (χ1v) is 10.7. The van der Waals surface area contributed by atoms with Crippen LogP contribution in [0.5, 0.6) is 17.2 Å². The van der Waals surface area contributed by atoms with Crippen molar-refractivity contribution in [2.45, 2.75) is 6.54 Å². The van der Waals surface area contributed by atoms with Crippen LogP contribution in [-0.4, -0.2) is 38.0 Å². The minimum absolute atomic E-state index is 0.192. The molecule has 0 spiro atoms. The zero-order chi connectivity index (χ0) is 24.1. The summed E-state index contributed by atoms with van der Waals surface area (Å²) in [5.74, 6) is 0.674. The maximum absolute atomic E-state index is 13.5. The van der Waals surface area contributed by atoms with E-state index in [9.17, 15) is 9.59 Å². The first kappa shape index (κ1) is 22.9. The number of hydrogen-bond donors (Lipinski definition) is 0. The molecule has 0 aliphatic carbocycles. The predicted molar refractivity (Wildman–Crippen MR) is 130 cm³/mol. The molecule has 1 aliphatic rings. The molecule has 0 bridgehead atoms. The Labute approximate surface area is 198 Å². The molecule has 1 heterocycles. The quantitative estimate of drug-likeness (QED) is 0.380. The summed E-state index contributed by atoms with van der Waals surface area (Å²) in [6.07, 6.45) is 3.43. The molecule has 0 aromatic heterocycles. The lowest BCUT2D eigenvalue weighted by Gasteiger charge is -2.13. The standard InChI is InChI=1S/C28H25NO5/c1-32-24-16-21(17-25(33-2)26(24)34-3)15-23-22(14-19-10-6-4-7-11-19)27(30)29(28(23)31)18-20-12-8-5-9-13-20/h4-17H,18H2,1-3H3/b22-14?,23-15+. The minimum Gasteiger partial charge on any atom is -0.493 e. The highest BCUT2D eigenvalue weighted by atomic mass is 16.5. The van der Waals surface area contributed by atoms with Crippen LogP contribution in [0.3, 0.4) is 0 Å². The molecule has 0 radical (unpaired) electrons. The Hall–Kier alpha value is -4.32. The molecule has 2 amide bonds. The molecule has 0 N–H and O–H groups in total. The van der Waals surface area contributed by atoms with Gasteiger partial charge in [0.25, 0.3) is 11.8 Å². The van der Waals surface area contributed by atoms with Crippen molar-refractivity contribution in [2.75, 3.05) is 21.3 Å². The van der Waals surface area contributed by atoms with Crippen molar-refractivity contribution in [2.24, 2.45) is 0 Å². The number of carbonyl (C=O) groups is 2. The van der Waals surface area contributed by atoms with Gasteiger partial charge in [0.05, 0.1) is 39.0 Å². The normalized spacial score (nSPS) is 15.8. The molecular formula is C28H25NO5. The molecule has 6 nitrogen and oxygen atoms in total. The number of amides is 2. The zero-order valence-electron chi connectivity index (χ0n) is 19.3. The van der Waals surface area contributed by atoms with E-state index in [-0.39, 0.29) is 18.4 Å². The van der Waals surface area contributed by atoms with Crippen LogP contribution in [0.1, 0.15) is 16.7 Å². The lowest BCUT2D eigenvalue weighted by molar-refractivity contribution is -0.137. The monoisotopic (exact) mass is 455 g/mol. The number of rotatable bonds is 7. The van der Waals surface area contributed by atoms with Gasteiger partial charge < -0.3 is 14.2 Å². The van der Waals surface area contributed by atoms with Gasteiger partial charge in [0, 0.05) is 0 Å². The van der Waals surface area contributed by atoms with Crippen molar-refractivity contribution in [3.63, 3.8) is 0 Å². The summed E-state index contributed by atoms with van der Waals surface area (Å²) in [5.41, 5.74) is 2.99. The SMILES string of the molecule is COc1cc(/C=C2/C(=O)N(Cc3ccccc3)C(=O)C2=Cc2ccccc2)cc(OC)c1OC. The Balaban J connectivity index is 1.82. The Morgan fingerprint density at radius 3 is 1.68 bits per heavy atom. The highest BCUT2D eigenvalue weighted by Gasteiger charge is 2.38. The second kappa shape index (κ2) is 10.1. The van der Waals surface area contributed by atoms with Gasteiger partial charge in [0.2, 0.25) is 5.75 Å². The molecule has 4 rings (SSSR count). The molecule has 0 unspecified atom stereocenters. The smallest absolute Gasteiger partial charge is 0.261 e. The average molecular weight is 456 g/mol. The molecule has 6 heteroatoms. The van der Waals surface area contributed by atoms with E-state index >= 15 is 0 Å². The lowest BCUT2D eigenvalue weighted by Crippen LogP contribution is -2.28. The van der Waals surface area contributed by atoms with Gasteiger partial charge in [-0.25, -0.2) is 0 Å². The number of nitrogens with zero attached hydrogens (tertiary/aromatic N) is 1. The van der Waals surface area contributed by atoms with Gasteiger partial charge in [0.1, 0.15) is 0 Å². The molecule has 1 fully saturated rings. The van der Waals surface area contributed by atoms with E-state index in [1.165, 1.54) is 26.2 Å². The van der Waals surface area contributed by atoms with Crippen LogP contribution < -0.4 is 14.2 Å². The average Bonchev–Trinajstić information content (AvgIpc) is 3.08.